The van der Waals surface area contributed by atoms with Gasteiger partial charge in [0.25, 0.3) is 0 Å². The van der Waals surface area contributed by atoms with Gasteiger partial charge in [0, 0.05) is 19.3 Å². The van der Waals surface area contributed by atoms with E-state index in [0.29, 0.717) is 6.54 Å². The third-order valence-electron chi connectivity index (χ3n) is 3.97. The third kappa shape index (κ3) is 3.75. The maximum absolute atomic E-state index is 11.7. The van der Waals surface area contributed by atoms with E-state index in [1.807, 2.05) is 0 Å². The number of nitrogens with one attached hydrogen (secondary N) is 2. The molecule has 1 atom stereocenters. The highest BCUT2D eigenvalue weighted by Gasteiger charge is 2.30. The van der Waals surface area contributed by atoms with Gasteiger partial charge in [-0.25, -0.2) is 8.42 Å². The summed E-state index contributed by atoms with van der Waals surface area (Å²) in [5.74, 6) is 0. The first-order chi connectivity index (χ1) is 10.2. The average molecular weight is 327 g/mol. The molecule has 0 bridgehead atoms. The monoisotopic (exact) mass is 327 g/mol. The fourth-order valence-corrected chi connectivity index (χ4v) is 3.59. The van der Waals surface area contributed by atoms with Gasteiger partial charge in [0.1, 0.15) is 10.6 Å². The van der Waals surface area contributed by atoms with Gasteiger partial charge in [-0.1, -0.05) is 13.0 Å². The number of nitro groups is 1. The summed E-state index contributed by atoms with van der Waals surface area (Å²) in [7, 11) is -3.65. The zero-order chi connectivity index (χ0) is 16.4. The van der Waals surface area contributed by atoms with E-state index in [-0.39, 0.29) is 21.7 Å². The smallest absolute Gasteiger partial charge is 0.310 e. The number of hydrogen-bond donors (Lipinski definition) is 2. The Morgan fingerprint density at radius 1 is 1.45 bits per heavy atom. The number of nitrogens with zero attached hydrogens (tertiary/aromatic N) is 1. The minimum absolute atomic E-state index is 0.00673. The average Bonchev–Trinajstić information content (AvgIpc) is 2.44. The van der Waals surface area contributed by atoms with Crippen LogP contribution in [-0.4, -0.2) is 39.2 Å². The summed E-state index contributed by atoms with van der Waals surface area (Å²) in [5.41, 5.74) is -0.134. The SMILES string of the molecule is CC1(CNc2cccc(S(C)(=O)=O)c2[N+](=O)[O-])CCCNC1. The van der Waals surface area contributed by atoms with Crippen molar-refractivity contribution in [3.05, 3.63) is 28.3 Å². The molecule has 7 nitrogen and oxygen atoms in total. The van der Waals surface area contributed by atoms with Crippen LogP contribution in [0.3, 0.4) is 0 Å². The zero-order valence-corrected chi connectivity index (χ0v) is 13.6. The Bertz CT molecular complexity index is 667. The van der Waals surface area contributed by atoms with E-state index < -0.39 is 14.8 Å². The Hall–Kier alpha value is -1.67. The number of nitro benzene ring substituents is 1. The number of sulfone groups is 1. The van der Waals surface area contributed by atoms with Crippen LogP contribution < -0.4 is 10.6 Å². The number of rotatable bonds is 5. The Morgan fingerprint density at radius 3 is 2.73 bits per heavy atom. The first-order valence-electron chi connectivity index (χ1n) is 7.15. The lowest BCUT2D eigenvalue weighted by molar-refractivity contribution is -0.386. The van der Waals surface area contributed by atoms with E-state index >= 15 is 0 Å². The summed E-state index contributed by atoms with van der Waals surface area (Å²) in [6.07, 6.45) is 3.06. The molecule has 0 aliphatic carbocycles. The van der Waals surface area contributed by atoms with Crippen molar-refractivity contribution in [2.75, 3.05) is 31.2 Å². The highest BCUT2D eigenvalue weighted by atomic mass is 32.2. The maximum Gasteiger partial charge on any atom is 0.310 e. The second-order valence-electron chi connectivity index (χ2n) is 6.13. The molecule has 0 radical (unpaired) electrons. The minimum atomic E-state index is -3.65. The lowest BCUT2D eigenvalue weighted by Crippen LogP contribution is -2.42. The highest BCUT2D eigenvalue weighted by molar-refractivity contribution is 7.90. The van der Waals surface area contributed by atoms with Gasteiger partial charge < -0.3 is 10.6 Å². The standard InChI is InChI=1S/C14H21N3O4S/c1-14(7-4-8-15-9-14)10-16-11-5-3-6-12(22(2,20)21)13(11)17(18)19/h3,5-6,15-16H,4,7-10H2,1-2H3. The largest absolute Gasteiger partial charge is 0.379 e. The van der Waals surface area contributed by atoms with Crippen LogP contribution in [0, 0.1) is 15.5 Å². The summed E-state index contributed by atoms with van der Waals surface area (Å²) < 4.78 is 23.5. The maximum atomic E-state index is 11.7. The lowest BCUT2D eigenvalue weighted by Gasteiger charge is -2.34. The molecule has 1 unspecified atom stereocenters. The molecule has 0 amide bonds. The molecule has 1 saturated heterocycles. The summed E-state index contributed by atoms with van der Waals surface area (Å²) in [6, 6.07) is 4.34. The van der Waals surface area contributed by atoms with Gasteiger partial charge in [-0.2, -0.15) is 0 Å². The summed E-state index contributed by atoms with van der Waals surface area (Å²) in [4.78, 5) is 10.4. The predicted octanol–water partition coefficient (Wildman–Crippen LogP) is 1.80. The van der Waals surface area contributed by atoms with E-state index in [0.717, 1.165) is 32.2 Å². The van der Waals surface area contributed by atoms with Crippen LogP contribution in [0.4, 0.5) is 11.4 Å². The number of hydrogen-bond acceptors (Lipinski definition) is 6. The normalized spacial score (nSPS) is 22.3. The molecule has 1 fully saturated rings. The van der Waals surface area contributed by atoms with E-state index in [2.05, 4.69) is 17.6 Å². The molecule has 1 aliphatic rings. The molecule has 0 spiro atoms. The molecular formula is C14H21N3O4S. The van der Waals surface area contributed by atoms with Crippen molar-refractivity contribution in [2.45, 2.75) is 24.7 Å². The molecule has 0 aromatic heterocycles. The van der Waals surface area contributed by atoms with Gasteiger partial charge in [-0.15, -0.1) is 0 Å². The fraction of sp³-hybridized carbons (Fsp3) is 0.571. The number of para-hydroxylation sites is 1. The Morgan fingerprint density at radius 2 is 2.18 bits per heavy atom. The zero-order valence-electron chi connectivity index (χ0n) is 12.8. The van der Waals surface area contributed by atoms with Gasteiger partial charge in [-0.05, 0) is 36.9 Å². The Balaban J connectivity index is 2.29. The fourth-order valence-electron chi connectivity index (χ4n) is 2.73. The third-order valence-corrected chi connectivity index (χ3v) is 5.10. The van der Waals surface area contributed by atoms with Gasteiger partial charge in [0.05, 0.1) is 4.92 Å². The highest BCUT2D eigenvalue weighted by Crippen LogP contribution is 2.33. The van der Waals surface area contributed by atoms with Gasteiger partial charge in [0.15, 0.2) is 9.84 Å². The Kier molecular flexibility index (Phi) is 4.72. The molecule has 2 N–H and O–H groups in total. The van der Waals surface area contributed by atoms with Crippen LogP contribution in [0.15, 0.2) is 23.1 Å². The van der Waals surface area contributed by atoms with E-state index in [9.17, 15) is 18.5 Å². The van der Waals surface area contributed by atoms with Gasteiger partial charge in [0.2, 0.25) is 0 Å². The van der Waals surface area contributed by atoms with Crippen LogP contribution in [0.5, 0.6) is 0 Å². The van der Waals surface area contributed by atoms with Crippen LogP contribution in [0.2, 0.25) is 0 Å². The van der Waals surface area contributed by atoms with E-state index in [4.69, 9.17) is 0 Å². The number of piperidine rings is 1. The lowest BCUT2D eigenvalue weighted by atomic mass is 9.83. The van der Waals surface area contributed by atoms with Crippen molar-refractivity contribution < 1.29 is 13.3 Å². The second kappa shape index (κ2) is 6.21. The quantitative estimate of drug-likeness (QED) is 0.631. The van der Waals surface area contributed by atoms with Crippen molar-refractivity contribution in [1.29, 1.82) is 0 Å². The molecule has 2 rings (SSSR count). The number of anilines is 1. The molecule has 22 heavy (non-hydrogen) atoms. The van der Waals surface area contributed by atoms with Gasteiger partial charge in [-0.3, -0.25) is 10.1 Å². The first kappa shape index (κ1) is 16.7. The molecule has 122 valence electrons. The van der Waals surface area contributed by atoms with Crippen molar-refractivity contribution in [2.24, 2.45) is 5.41 Å². The van der Waals surface area contributed by atoms with E-state index in [1.165, 1.54) is 12.1 Å². The van der Waals surface area contributed by atoms with Crippen LogP contribution in [0.1, 0.15) is 19.8 Å². The summed E-state index contributed by atoms with van der Waals surface area (Å²) in [6.45, 7) is 4.48. The topological polar surface area (TPSA) is 101 Å². The molecule has 0 saturated carbocycles. The molecule has 8 heteroatoms. The van der Waals surface area contributed by atoms with Gasteiger partial charge >= 0.3 is 5.69 Å². The van der Waals surface area contributed by atoms with Crippen molar-refractivity contribution in [3.63, 3.8) is 0 Å². The van der Waals surface area contributed by atoms with Crippen molar-refractivity contribution in [1.82, 2.24) is 5.32 Å². The predicted molar refractivity (Wildman–Crippen MR) is 84.9 cm³/mol. The van der Waals surface area contributed by atoms with E-state index in [1.54, 1.807) is 6.07 Å². The summed E-state index contributed by atoms with van der Waals surface area (Å²) in [5, 5.41) is 17.7. The minimum Gasteiger partial charge on any atom is -0.379 e. The Labute approximate surface area is 130 Å². The molecular weight excluding hydrogens is 306 g/mol. The van der Waals surface area contributed by atoms with Crippen molar-refractivity contribution in [3.8, 4) is 0 Å². The first-order valence-corrected chi connectivity index (χ1v) is 9.04. The summed E-state index contributed by atoms with van der Waals surface area (Å²) >= 11 is 0. The second-order valence-corrected chi connectivity index (χ2v) is 8.11. The van der Waals surface area contributed by atoms with Crippen molar-refractivity contribution >= 4 is 21.2 Å². The molecule has 1 aromatic rings. The van der Waals surface area contributed by atoms with Crippen LogP contribution in [-0.2, 0) is 9.84 Å². The van der Waals surface area contributed by atoms with Crippen LogP contribution in [0.25, 0.3) is 0 Å². The molecule has 1 aromatic carbocycles. The number of benzene rings is 1. The van der Waals surface area contributed by atoms with Crippen LogP contribution >= 0.6 is 0 Å². The molecule has 1 aliphatic heterocycles. The molecule has 1 heterocycles.